The molecule has 0 fully saturated rings. The predicted molar refractivity (Wildman–Crippen MR) is 115 cm³/mol. The lowest BCUT2D eigenvalue weighted by molar-refractivity contribution is -0.143. The lowest BCUT2D eigenvalue weighted by Crippen LogP contribution is -2.46. The van der Waals surface area contributed by atoms with Gasteiger partial charge in [-0.05, 0) is 60.1 Å². The van der Waals surface area contributed by atoms with Crippen LogP contribution in [-0.2, 0) is 17.6 Å². The number of hydrogen-bond acceptors (Lipinski definition) is 2. The molecule has 0 spiro atoms. The molecule has 1 unspecified atom stereocenters. The smallest absolute Gasteiger partial charge is 0.408 e. The predicted octanol–water partition coefficient (Wildman–Crippen LogP) is 5.61. The monoisotopic (exact) mass is 437 g/mol. The van der Waals surface area contributed by atoms with Gasteiger partial charge >= 0.3 is 12.1 Å². The zero-order chi connectivity index (χ0) is 21.6. The molecule has 0 saturated carbocycles. The first kappa shape index (κ1) is 23.0. The second-order valence-corrected chi connectivity index (χ2v) is 8.36. The molecule has 1 atom stereocenters. The van der Waals surface area contributed by atoms with E-state index >= 15 is 0 Å². The number of aliphatic carboxylic acids is 1. The largest absolute Gasteiger partial charge is 0.480 e. The van der Waals surface area contributed by atoms with Crippen LogP contribution in [0.25, 0.3) is 0 Å². The Kier molecular flexibility index (Phi) is 8.35. The number of halogens is 2. The molecule has 2 aromatic carbocycles. The van der Waals surface area contributed by atoms with E-state index < -0.39 is 18.1 Å². The Morgan fingerprint density at radius 3 is 2.14 bits per heavy atom. The van der Waals surface area contributed by atoms with Crippen LogP contribution in [-0.4, -0.2) is 39.8 Å². The van der Waals surface area contributed by atoms with Gasteiger partial charge in [0.15, 0.2) is 0 Å². The van der Waals surface area contributed by atoms with Crippen molar-refractivity contribution >= 4 is 35.3 Å². The normalized spacial score (nSPS) is 12.0. The molecule has 0 aliphatic carbocycles. The van der Waals surface area contributed by atoms with E-state index in [1.807, 2.05) is 50.2 Å². The highest BCUT2D eigenvalue weighted by Crippen LogP contribution is 2.22. The Morgan fingerprint density at radius 2 is 1.59 bits per heavy atom. The molecule has 0 saturated heterocycles. The van der Waals surface area contributed by atoms with Crippen LogP contribution in [0.3, 0.4) is 0 Å². The van der Waals surface area contributed by atoms with Gasteiger partial charge in [0.25, 0.3) is 0 Å². The van der Waals surface area contributed by atoms with Gasteiger partial charge in [-0.15, -0.1) is 0 Å². The third-order valence-corrected chi connectivity index (χ3v) is 5.00. The van der Waals surface area contributed by atoms with Crippen molar-refractivity contribution in [3.8, 4) is 0 Å². The highest BCUT2D eigenvalue weighted by molar-refractivity contribution is 6.34. The third-order valence-electron chi connectivity index (χ3n) is 4.57. The maximum Gasteiger partial charge on any atom is 0.408 e. The number of amides is 1. The summed E-state index contributed by atoms with van der Waals surface area (Å²) in [6.45, 7) is 3.87. The van der Waals surface area contributed by atoms with E-state index in [9.17, 15) is 19.8 Å². The molecule has 1 amide bonds. The first-order valence-corrected chi connectivity index (χ1v) is 10.2. The minimum Gasteiger partial charge on any atom is -0.480 e. The molecule has 7 heteroatoms. The van der Waals surface area contributed by atoms with Crippen LogP contribution in [0.2, 0.25) is 10.0 Å². The van der Waals surface area contributed by atoms with Crippen molar-refractivity contribution < 1.29 is 19.8 Å². The van der Waals surface area contributed by atoms with E-state index in [1.165, 1.54) is 0 Å². The van der Waals surface area contributed by atoms with Crippen LogP contribution in [0.15, 0.2) is 42.5 Å². The summed E-state index contributed by atoms with van der Waals surface area (Å²) in [7, 11) is 0. The topological polar surface area (TPSA) is 77.8 Å². The molecule has 0 aliphatic rings. The summed E-state index contributed by atoms with van der Waals surface area (Å²) in [6.07, 6.45) is 0.125. The summed E-state index contributed by atoms with van der Waals surface area (Å²) in [4.78, 5) is 24.3. The van der Waals surface area contributed by atoms with Gasteiger partial charge in [-0.2, -0.15) is 0 Å². The quantitative estimate of drug-likeness (QED) is 0.534. The number of hydrogen-bond donors (Lipinski definition) is 2. The van der Waals surface area contributed by atoms with Gasteiger partial charge in [0.1, 0.15) is 6.04 Å². The van der Waals surface area contributed by atoms with Crippen molar-refractivity contribution in [1.29, 1.82) is 0 Å². The lowest BCUT2D eigenvalue weighted by Gasteiger charge is -2.27. The number of carboxylic acid groups (broad SMARTS) is 2. The Bertz CT molecular complexity index is 849. The summed E-state index contributed by atoms with van der Waals surface area (Å²) < 4.78 is 0. The SMILES string of the molecule is CC(C)CC(C(=O)O)N(CCc1cccc(Cc2cc(Cl)cc(Cl)c2)c1)C(=O)O. The molecule has 156 valence electrons. The Hall–Kier alpha value is -2.24. The fraction of sp³-hybridized carbons (Fsp3) is 0.364. The molecule has 5 nitrogen and oxygen atoms in total. The average molecular weight is 438 g/mol. The maximum atomic E-state index is 11.7. The Labute approximate surface area is 180 Å². The summed E-state index contributed by atoms with van der Waals surface area (Å²) in [6, 6.07) is 12.1. The summed E-state index contributed by atoms with van der Waals surface area (Å²) in [5.41, 5.74) is 2.96. The minimum atomic E-state index is -1.22. The van der Waals surface area contributed by atoms with Crippen LogP contribution in [0, 0.1) is 5.92 Å². The van der Waals surface area contributed by atoms with Gasteiger partial charge in [-0.3, -0.25) is 4.90 Å². The van der Waals surface area contributed by atoms with E-state index in [1.54, 1.807) is 6.07 Å². The van der Waals surface area contributed by atoms with Crippen molar-refractivity contribution in [3.63, 3.8) is 0 Å². The summed E-state index contributed by atoms with van der Waals surface area (Å²) in [5, 5.41) is 20.1. The fourth-order valence-electron chi connectivity index (χ4n) is 3.29. The zero-order valence-electron chi connectivity index (χ0n) is 16.4. The van der Waals surface area contributed by atoms with Crippen molar-refractivity contribution in [2.24, 2.45) is 5.92 Å². The molecule has 2 N–H and O–H groups in total. The molecule has 0 bridgehead atoms. The van der Waals surface area contributed by atoms with Crippen molar-refractivity contribution in [2.45, 2.75) is 39.2 Å². The van der Waals surface area contributed by atoms with Gasteiger partial charge in [-0.1, -0.05) is 61.3 Å². The van der Waals surface area contributed by atoms with E-state index in [2.05, 4.69) is 0 Å². The van der Waals surface area contributed by atoms with Gasteiger partial charge in [-0.25, -0.2) is 9.59 Å². The molecular formula is C22H25Cl2NO4. The Morgan fingerprint density at radius 1 is 0.966 bits per heavy atom. The van der Waals surface area contributed by atoms with Crippen LogP contribution >= 0.6 is 23.2 Å². The molecule has 0 heterocycles. The number of carbonyl (C=O) groups is 2. The number of nitrogens with zero attached hydrogens (tertiary/aromatic N) is 1. The second kappa shape index (κ2) is 10.5. The average Bonchev–Trinajstić information content (AvgIpc) is 2.59. The summed E-state index contributed by atoms with van der Waals surface area (Å²) >= 11 is 12.1. The standard InChI is InChI=1S/C22H25Cl2NO4/c1-14(2)8-20(21(26)27)25(22(28)29)7-6-15-4-3-5-16(9-15)10-17-11-18(23)13-19(24)12-17/h3-5,9,11-14,20H,6-8,10H2,1-2H3,(H,26,27)(H,28,29). The third kappa shape index (κ3) is 7.26. The van der Waals surface area contributed by atoms with Gasteiger partial charge in [0.2, 0.25) is 0 Å². The van der Waals surface area contributed by atoms with Gasteiger partial charge < -0.3 is 10.2 Å². The van der Waals surface area contributed by atoms with Crippen LogP contribution in [0.1, 0.15) is 37.0 Å². The minimum absolute atomic E-state index is 0.0748. The van der Waals surface area contributed by atoms with Crippen LogP contribution in [0.5, 0.6) is 0 Å². The van der Waals surface area contributed by atoms with Crippen LogP contribution < -0.4 is 0 Å². The number of carboxylic acids is 1. The van der Waals surface area contributed by atoms with E-state index in [-0.39, 0.29) is 18.9 Å². The maximum absolute atomic E-state index is 11.7. The fourth-order valence-corrected chi connectivity index (χ4v) is 3.86. The van der Waals surface area contributed by atoms with E-state index in [0.717, 1.165) is 21.6 Å². The van der Waals surface area contributed by atoms with Gasteiger partial charge in [0, 0.05) is 16.6 Å². The highest BCUT2D eigenvalue weighted by Gasteiger charge is 2.29. The molecule has 0 aliphatic heterocycles. The Balaban J connectivity index is 2.11. The molecule has 2 aromatic rings. The molecule has 2 rings (SSSR count). The lowest BCUT2D eigenvalue weighted by atomic mass is 10.00. The highest BCUT2D eigenvalue weighted by atomic mass is 35.5. The van der Waals surface area contributed by atoms with Gasteiger partial charge in [0.05, 0.1) is 0 Å². The molecule has 0 radical (unpaired) electrons. The van der Waals surface area contributed by atoms with E-state index in [0.29, 0.717) is 22.9 Å². The van der Waals surface area contributed by atoms with Crippen molar-refractivity contribution in [2.75, 3.05) is 6.54 Å². The molecule has 0 aromatic heterocycles. The first-order valence-electron chi connectivity index (χ1n) is 9.41. The van der Waals surface area contributed by atoms with E-state index in [4.69, 9.17) is 23.2 Å². The number of rotatable bonds is 9. The van der Waals surface area contributed by atoms with Crippen molar-refractivity contribution in [1.82, 2.24) is 4.90 Å². The van der Waals surface area contributed by atoms with Crippen LogP contribution in [0.4, 0.5) is 4.79 Å². The second-order valence-electron chi connectivity index (χ2n) is 7.48. The molecule has 29 heavy (non-hydrogen) atoms. The zero-order valence-corrected chi connectivity index (χ0v) is 18.0. The molecular weight excluding hydrogens is 413 g/mol. The van der Waals surface area contributed by atoms with Crippen molar-refractivity contribution in [3.05, 3.63) is 69.2 Å². The number of benzene rings is 2. The first-order chi connectivity index (χ1) is 13.7. The summed E-state index contributed by atoms with van der Waals surface area (Å²) in [5.74, 6) is -1.04.